The molecule has 2 aromatic rings. The molecule has 8 heteroatoms. The molecule has 2 N–H and O–H groups in total. The second kappa shape index (κ2) is 8.16. The molecule has 1 fully saturated rings. The van der Waals surface area contributed by atoms with E-state index >= 15 is 0 Å². The number of carbonyl (C=O) groups excluding carboxylic acids is 1. The van der Waals surface area contributed by atoms with Crippen LogP contribution in [0, 0.1) is 10.1 Å². The van der Waals surface area contributed by atoms with Crippen LogP contribution in [0.5, 0.6) is 0 Å². The molecule has 0 saturated carbocycles. The number of hydrogen-bond acceptors (Lipinski definition) is 4. The predicted octanol–water partition coefficient (Wildman–Crippen LogP) is 1.59. The summed E-state index contributed by atoms with van der Waals surface area (Å²) in [5, 5.41) is 14.3. The molecule has 1 amide bonds. The summed E-state index contributed by atoms with van der Waals surface area (Å²) in [6.07, 6.45) is 0. The number of nitrogens with one attached hydrogen (secondary N) is 2. The van der Waals surface area contributed by atoms with E-state index in [0.717, 1.165) is 36.9 Å². The van der Waals surface area contributed by atoms with Crippen LogP contribution in [-0.2, 0) is 4.79 Å². The molecule has 2 aromatic carbocycles. The maximum absolute atomic E-state index is 12.2. The first kappa shape index (κ1) is 18.2. The Hall–Kier alpha value is -2.64. The molecule has 7 nitrogen and oxygen atoms in total. The van der Waals surface area contributed by atoms with Gasteiger partial charge in [-0.2, -0.15) is 0 Å². The smallest absolute Gasteiger partial charge is 0.279 e. The second-order valence-electron chi connectivity index (χ2n) is 6.22. The number of nitrogens with zero attached hydrogens (tertiary/aromatic N) is 2. The van der Waals surface area contributed by atoms with Crippen molar-refractivity contribution in [1.82, 2.24) is 0 Å². The molecule has 1 aliphatic rings. The van der Waals surface area contributed by atoms with Gasteiger partial charge in [-0.05, 0) is 18.2 Å². The van der Waals surface area contributed by atoms with Crippen molar-refractivity contribution in [3.05, 3.63) is 63.7 Å². The SMILES string of the molecule is O=C(C[NH+]1CCN(c2ccccc2Cl)CC1)Nc1cccc([N+](=O)[O-])c1. The number of para-hydroxylation sites is 1. The van der Waals surface area contributed by atoms with Gasteiger partial charge in [0, 0.05) is 17.8 Å². The summed E-state index contributed by atoms with van der Waals surface area (Å²) in [6, 6.07) is 13.7. The van der Waals surface area contributed by atoms with E-state index in [1.807, 2.05) is 24.3 Å². The molecule has 1 aliphatic heterocycles. The Kier molecular flexibility index (Phi) is 5.70. The monoisotopic (exact) mass is 375 g/mol. The maximum Gasteiger partial charge on any atom is 0.279 e. The summed E-state index contributed by atoms with van der Waals surface area (Å²) < 4.78 is 0. The third-order valence-electron chi connectivity index (χ3n) is 4.41. The minimum Gasteiger partial charge on any atom is -0.359 e. The lowest BCUT2D eigenvalue weighted by Crippen LogP contribution is -3.15. The first-order chi connectivity index (χ1) is 12.5. The van der Waals surface area contributed by atoms with Crippen molar-refractivity contribution >= 4 is 34.6 Å². The van der Waals surface area contributed by atoms with E-state index in [1.165, 1.54) is 17.0 Å². The van der Waals surface area contributed by atoms with Crippen LogP contribution in [0.1, 0.15) is 0 Å². The Bertz CT molecular complexity index is 807. The number of halogens is 1. The standard InChI is InChI=1S/C18H19ClN4O3/c19-16-6-1-2-7-17(16)22-10-8-21(9-11-22)13-18(24)20-14-4-3-5-15(12-14)23(25)26/h1-7,12H,8-11,13H2,(H,20,24)/p+1. The largest absolute Gasteiger partial charge is 0.359 e. The third kappa shape index (κ3) is 4.50. The fraction of sp³-hybridized carbons (Fsp3) is 0.278. The van der Waals surface area contributed by atoms with Crippen LogP contribution in [0.3, 0.4) is 0 Å². The van der Waals surface area contributed by atoms with Gasteiger partial charge in [0.15, 0.2) is 6.54 Å². The molecule has 0 radical (unpaired) electrons. The van der Waals surface area contributed by atoms with Crippen LogP contribution >= 0.6 is 11.6 Å². The minimum absolute atomic E-state index is 0.0384. The van der Waals surface area contributed by atoms with Gasteiger partial charge in [-0.25, -0.2) is 0 Å². The number of nitro groups is 1. The van der Waals surface area contributed by atoms with E-state index in [9.17, 15) is 14.9 Å². The van der Waals surface area contributed by atoms with Gasteiger partial charge < -0.3 is 15.1 Å². The lowest BCUT2D eigenvalue weighted by atomic mass is 10.2. The Balaban J connectivity index is 1.51. The molecule has 0 spiro atoms. The molecule has 0 aliphatic carbocycles. The summed E-state index contributed by atoms with van der Waals surface area (Å²) >= 11 is 6.24. The zero-order chi connectivity index (χ0) is 18.5. The van der Waals surface area contributed by atoms with Crippen LogP contribution in [-0.4, -0.2) is 43.6 Å². The number of nitro benzene ring substituents is 1. The fourth-order valence-electron chi connectivity index (χ4n) is 3.08. The Morgan fingerprint density at radius 1 is 1.19 bits per heavy atom. The van der Waals surface area contributed by atoms with Crippen molar-refractivity contribution < 1.29 is 14.6 Å². The van der Waals surface area contributed by atoms with Gasteiger partial charge in [0.1, 0.15) is 0 Å². The molecule has 136 valence electrons. The fourth-order valence-corrected chi connectivity index (χ4v) is 3.33. The van der Waals surface area contributed by atoms with E-state index in [-0.39, 0.29) is 11.6 Å². The highest BCUT2D eigenvalue weighted by Gasteiger charge is 2.23. The lowest BCUT2D eigenvalue weighted by molar-refractivity contribution is -0.892. The highest BCUT2D eigenvalue weighted by Crippen LogP contribution is 2.24. The van der Waals surface area contributed by atoms with Gasteiger partial charge >= 0.3 is 0 Å². The number of hydrogen-bond donors (Lipinski definition) is 2. The average Bonchev–Trinajstić information content (AvgIpc) is 2.63. The van der Waals surface area contributed by atoms with Crippen LogP contribution in [0.4, 0.5) is 17.1 Å². The zero-order valence-corrected chi connectivity index (χ0v) is 14.9. The first-order valence-electron chi connectivity index (χ1n) is 8.40. The van der Waals surface area contributed by atoms with Crippen molar-refractivity contribution in [2.75, 3.05) is 42.9 Å². The summed E-state index contributed by atoms with van der Waals surface area (Å²) in [5.74, 6) is -0.147. The quantitative estimate of drug-likeness (QED) is 0.614. The first-order valence-corrected chi connectivity index (χ1v) is 8.78. The maximum atomic E-state index is 12.2. The molecule has 0 bridgehead atoms. The van der Waals surface area contributed by atoms with Crippen molar-refractivity contribution in [3.8, 4) is 0 Å². The Morgan fingerprint density at radius 3 is 2.62 bits per heavy atom. The molecule has 0 atom stereocenters. The van der Waals surface area contributed by atoms with Gasteiger partial charge in [0.25, 0.3) is 11.6 Å². The summed E-state index contributed by atoms with van der Waals surface area (Å²) in [5.41, 5.74) is 1.43. The lowest BCUT2D eigenvalue weighted by Gasteiger charge is -2.33. The number of non-ortho nitro benzene ring substituents is 1. The highest BCUT2D eigenvalue weighted by atomic mass is 35.5. The molecule has 0 aromatic heterocycles. The number of anilines is 2. The van der Waals surface area contributed by atoms with Gasteiger partial charge in [-0.1, -0.05) is 29.8 Å². The molecular formula is C18H20ClN4O3+. The van der Waals surface area contributed by atoms with Crippen LogP contribution in [0.2, 0.25) is 5.02 Å². The normalized spacial score (nSPS) is 14.9. The predicted molar refractivity (Wildman–Crippen MR) is 101 cm³/mol. The van der Waals surface area contributed by atoms with E-state index < -0.39 is 4.92 Å². The van der Waals surface area contributed by atoms with E-state index in [0.29, 0.717) is 12.2 Å². The van der Waals surface area contributed by atoms with E-state index in [1.54, 1.807) is 12.1 Å². The van der Waals surface area contributed by atoms with Gasteiger partial charge in [0.05, 0.1) is 41.8 Å². The van der Waals surface area contributed by atoms with E-state index in [2.05, 4.69) is 10.2 Å². The van der Waals surface area contributed by atoms with Gasteiger partial charge in [-0.3, -0.25) is 14.9 Å². The van der Waals surface area contributed by atoms with Crippen molar-refractivity contribution in [3.63, 3.8) is 0 Å². The van der Waals surface area contributed by atoms with Crippen LogP contribution in [0.15, 0.2) is 48.5 Å². The Labute approximate surface area is 156 Å². The highest BCUT2D eigenvalue weighted by molar-refractivity contribution is 6.33. The number of quaternary nitrogens is 1. The zero-order valence-electron chi connectivity index (χ0n) is 14.2. The van der Waals surface area contributed by atoms with Crippen molar-refractivity contribution in [2.24, 2.45) is 0 Å². The van der Waals surface area contributed by atoms with Crippen LogP contribution < -0.4 is 15.1 Å². The summed E-state index contributed by atoms with van der Waals surface area (Å²) in [7, 11) is 0. The van der Waals surface area contributed by atoms with Crippen LogP contribution in [0.25, 0.3) is 0 Å². The third-order valence-corrected chi connectivity index (χ3v) is 4.73. The molecule has 26 heavy (non-hydrogen) atoms. The average molecular weight is 376 g/mol. The molecular weight excluding hydrogens is 356 g/mol. The Morgan fingerprint density at radius 2 is 1.92 bits per heavy atom. The number of carbonyl (C=O) groups is 1. The molecule has 1 saturated heterocycles. The summed E-state index contributed by atoms with van der Waals surface area (Å²) in [4.78, 5) is 26.0. The minimum atomic E-state index is -0.477. The van der Waals surface area contributed by atoms with Crippen molar-refractivity contribution in [1.29, 1.82) is 0 Å². The van der Waals surface area contributed by atoms with E-state index in [4.69, 9.17) is 11.6 Å². The molecule has 3 rings (SSSR count). The molecule has 1 heterocycles. The number of benzene rings is 2. The number of amides is 1. The number of rotatable bonds is 5. The summed E-state index contributed by atoms with van der Waals surface area (Å²) in [6.45, 7) is 3.63. The number of piperazine rings is 1. The second-order valence-corrected chi connectivity index (χ2v) is 6.63. The topological polar surface area (TPSA) is 79.9 Å². The van der Waals surface area contributed by atoms with Gasteiger partial charge in [0.2, 0.25) is 0 Å². The van der Waals surface area contributed by atoms with Gasteiger partial charge in [-0.15, -0.1) is 0 Å². The molecule has 0 unspecified atom stereocenters. The van der Waals surface area contributed by atoms with Crippen molar-refractivity contribution in [2.45, 2.75) is 0 Å².